The number of hydrogen-bond donors (Lipinski definition) is 2. The van der Waals surface area contributed by atoms with Gasteiger partial charge < -0.3 is 15.8 Å². The highest BCUT2D eigenvalue weighted by Gasteiger charge is 2.24. The van der Waals surface area contributed by atoms with Crippen molar-refractivity contribution >= 4 is 28.3 Å². The number of anilines is 1. The van der Waals surface area contributed by atoms with Gasteiger partial charge in [0.05, 0.1) is 18.3 Å². The SMILES string of the molecule is COC(=O)c1sc(NC(=O)C(C)(C)N)nc1C. The largest absolute Gasteiger partial charge is 0.465 e. The van der Waals surface area contributed by atoms with Gasteiger partial charge in [0.2, 0.25) is 5.91 Å². The van der Waals surface area contributed by atoms with E-state index in [2.05, 4.69) is 15.0 Å². The number of nitrogens with two attached hydrogens (primary N) is 1. The average Bonchev–Trinajstić information content (AvgIpc) is 2.57. The van der Waals surface area contributed by atoms with Gasteiger partial charge in [0.1, 0.15) is 4.88 Å². The van der Waals surface area contributed by atoms with Crippen LogP contribution in [0, 0.1) is 6.92 Å². The Labute approximate surface area is 103 Å². The van der Waals surface area contributed by atoms with Gasteiger partial charge in [0.25, 0.3) is 0 Å². The van der Waals surface area contributed by atoms with Gasteiger partial charge in [-0.3, -0.25) is 4.79 Å². The molecule has 1 aromatic rings. The minimum atomic E-state index is -0.995. The third kappa shape index (κ3) is 3.24. The van der Waals surface area contributed by atoms with Gasteiger partial charge in [-0.15, -0.1) is 0 Å². The van der Waals surface area contributed by atoms with Crippen molar-refractivity contribution in [2.75, 3.05) is 12.4 Å². The van der Waals surface area contributed by atoms with Gasteiger partial charge in [-0.2, -0.15) is 0 Å². The summed E-state index contributed by atoms with van der Waals surface area (Å²) in [6.07, 6.45) is 0. The highest BCUT2D eigenvalue weighted by molar-refractivity contribution is 7.17. The minimum absolute atomic E-state index is 0.339. The molecule has 0 unspecified atom stereocenters. The first-order valence-electron chi connectivity index (χ1n) is 4.91. The fraction of sp³-hybridized carbons (Fsp3) is 0.500. The number of nitrogens with zero attached hydrogens (tertiary/aromatic N) is 1. The molecular weight excluding hydrogens is 242 g/mol. The third-order valence-corrected chi connectivity index (χ3v) is 3.03. The molecule has 1 aromatic heterocycles. The molecule has 3 N–H and O–H groups in total. The molecular formula is C10H15N3O3S. The Morgan fingerprint density at radius 2 is 2.06 bits per heavy atom. The summed E-state index contributed by atoms with van der Waals surface area (Å²) in [5.41, 5.74) is 5.16. The molecule has 6 nitrogen and oxygen atoms in total. The standard InChI is InChI=1S/C10H15N3O3S/c1-5-6(7(14)16-4)17-9(12-5)13-8(15)10(2,3)11/h11H2,1-4H3,(H,12,13,15). The van der Waals surface area contributed by atoms with Crippen molar-refractivity contribution in [3.05, 3.63) is 10.6 Å². The fourth-order valence-electron chi connectivity index (χ4n) is 0.990. The number of esters is 1. The van der Waals surface area contributed by atoms with Gasteiger partial charge in [0.15, 0.2) is 5.13 Å². The molecule has 1 rings (SSSR count). The van der Waals surface area contributed by atoms with E-state index in [1.54, 1.807) is 20.8 Å². The zero-order chi connectivity index (χ0) is 13.2. The molecule has 0 aromatic carbocycles. The van der Waals surface area contributed by atoms with E-state index in [0.717, 1.165) is 11.3 Å². The van der Waals surface area contributed by atoms with Crippen LogP contribution < -0.4 is 11.1 Å². The lowest BCUT2D eigenvalue weighted by molar-refractivity contribution is -0.120. The molecule has 0 fully saturated rings. The molecule has 0 aliphatic rings. The maximum atomic E-state index is 11.6. The number of nitrogens with one attached hydrogen (secondary N) is 1. The zero-order valence-electron chi connectivity index (χ0n) is 10.2. The molecule has 0 bridgehead atoms. The summed E-state index contributed by atoms with van der Waals surface area (Å²) in [5.74, 6) is -0.824. The van der Waals surface area contributed by atoms with Gasteiger partial charge in [-0.1, -0.05) is 11.3 Å². The van der Waals surface area contributed by atoms with E-state index in [-0.39, 0.29) is 5.91 Å². The van der Waals surface area contributed by atoms with Gasteiger partial charge in [-0.25, -0.2) is 9.78 Å². The first kappa shape index (κ1) is 13.6. The number of aryl methyl sites for hydroxylation is 1. The minimum Gasteiger partial charge on any atom is -0.465 e. The molecule has 1 amide bonds. The first-order chi connectivity index (χ1) is 7.75. The number of thiazole rings is 1. The number of rotatable bonds is 3. The quantitative estimate of drug-likeness (QED) is 0.785. The molecule has 0 spiro atoms. The van der Waals surface area contributed by atoms with E-state index in [1.807, 2.05) is 0 Å². The van der Waals surface area contributed by atoms with Gasteiger partial charge >= 0.3 is 5.97 Å². The van der Waals surface area contributed by atoms with Crippen LogP contribution in [-0.4, -0.2) is 29.5 Å². The van der Waals surface area contributed by atoms with Gasteiger partial charge in [0, 0.05) is 0 Å². The Morgan fingerprint density at radius 1 is 1.47 bits per heavy atom. The normalized spacial score (nSPS) is 11.1. The van der Waals surface area contributed by atoms with Crippen molar-refractivity contribution in [3.63, 3.8) is 0 Å². The number of aromatic nitrogens is 1. The second-order valence-corrected chi connectivity index (χ2v) is 5.10. The third-order valence-electron chi connectivity index (χ3n) is 1.97. The van der Waals surface area contributed by atoms with Crippen LogP contribution in [0.25, 0.3) is 0 Å². The highest BCUT2D eigenvalue weighted by Crippen LogP contribution is 2.23. The van der Waals surface area contributed by atoms with E-state index < -0.39 is 11.5 Å². The Hall–Kier alpha value is -1.47. The smallest absolute Gasteiger partial charge is 0.350 e. The van der Waals surface area contributed by atoms with Crippen molar-refractivity contribution in [2.45, 2.75) is 26.3 Å². The van der Waals surface area contributed by atoms with Crippen LogP contribution in [0.1, 0.15) is 29.2 Å². The Morgan fingerprint density at radius 3 is 2.53 bits per heavy atom. The number of ether oxygens (including phenoxy) is 1. The summed E-state index contributed by atoms with van der Waals surface area (Å²) in [5, 5.41) is 2.90. The number of hydrogen-bond acceptors (Lipinski definition) is 6. The van der Waals surface area contributed by atoms with Crippen LogP contribution in [0.3, 0.4) is 0 Å². The van der Waals surface area contributed by atoms with Crippen molar-refractivity contribution in [1.29, 1.82) is 0 Å². The summed E-state index contributed by atoms with van der Waals surface area (Å²) in [7, 11) is 1.29. The number of carbonyl (C=O) groups excluding carboxylic acids is 2. The predicted octanol–water partition coefficient (Wildman–Crippen LogP) is 0.914. The van der Waals surface area contributed by atoms with Crippen LogP contribution in [0.4, 0.5) is 5.13 Å². The van der Waals surface area contributed by atoms with Gasteiger partial charge in [-0.05, 0) is 20.8 Å². The zero-order valence-corrected chi connectivity index (χ0v) is 11.0. The summed E-state index contributed by atoms with van der Waals surface area (Å²) < 4.78 is 4.60. The van der Waals surface area contributed by atoms with E-state index >= 15 is 0 Å². The topological polar surface area (TPSA) is 94.3 Å². The van der Waals surface area contributed by atoms with Crippen LogP contribution in [-0.2, 0) is 9.53 Å². The molecule has 1 heterocycles. The second kappa shape index (κ2) is 4.80. The molecule has 0 radical (unpaired) electrons. The maximum Gasteiger partial charge on any atom is 0.350 e. The summed E-state index contributed by atoms with van der Waals surface area (Å²) >= 11 is 1.06. The molecule has 0 atom stereocenters. The monoisotopic (exact) mass is 257 g/mol. The van der Waals surface area contributed by atoms with Crippen LogP contribution in [0.15, 0.2) is 0 Å². The van der Waals surface area contributed by atoms with E-state index in [1.165, 1.54) is 7.11 Å². The van der Waals surface area contributed by atoms with Crippen molar-refractivity contribution in [2.24, 2.45) is 5.73 Å². The lowest BCUT2D eigenvalue weighted by Gasteiger charge is -2.16. The molecule has 7 heteroatoms. The summed E-state index contributed by atoms with van der Waals surface area (Å²) in [4.78, 5) is 27.4. The average molecular weight is 257 g/mol. The molecule has 0 aliphatic heterocycles. The van der Waals surface area contributed by atoms with E-state index in [4.69, 9.17) is 5.73 Å². The Kier molecular flexibility index (Phi) is 3.84. The number of amides is 1. The van der Waals surface area contributed by atoms with Crippen LogP contribution >= 0.6 is 11.3 Å². The van der Waals surface area contributed by atoms with Crippen molar-refractivity contribution in [3.8, 4) is 0 Å². The van der Waals surface area contributed by atoms with Crippen LogP contribution in [0.5, 0.6) is 0 Å². The predicted molar refractivity (Wildman–Crippen MR) is 65.1 cm³/mol. The van der Waals surface area contributed by atoms with E-state index in [0.29, 0.717) is 15.7 Å². The molecule has 0 aliphatic carbocycles. The first-order valence-corrected chi connectivity index (χ1v) is 5.73. The fourth-order valence-corrected chi connectivity index (χ4v) is 1.87. The van der Waals surface area contributed by atoms with Crippen molar-refractivity contribution in [1.82, 2.24) is 4.98 Å². The highest BCUT2D eigenvalue weighted by atomic mass is 32.1. The van der Waals surface area contributed by atoms with Crippen molar-refractivity contribution < 1.29 is 14.3 Å². The molecule has 0 saturated heterocycles. The maximum absolute atomic E-state index is 11.6. The molecule has 17 heavy (non-hydrogen) atoms. The number of carbonyl (C=O) groups is 2. The van der Waals surface area contributed by atoms with Crippen LogP contribution in [0.2, 0.25) is 0 Å². The Balaban J connectivity index is 2.88. The Bertz CT molecular complexity index is 448. The lowest BCUT2D eigenvalue weighted by atomic mass is 10.1. The molecule has 94 valence electrons. The number of methoxy groups -OCH3 is 1. The summed E-state index contributed by atoms with van der Waals surface area (Å²) in [6.45, 7) is 4.85. The lowest BCUT2D eigenvalue weighted by Crippen LogP contribution is -2.45. The molecule has 0 saturated carbocycles. The van der Waals surface area contributed by atoms with E-state index in [9.17, 15) is 9.59 Å². The summed E-state index contributed by atoms with van der Waals surface area (Å²) in [6, 6.07) is 0. The second-order valence-electron chi connectivity index (χ2n) is 4.10.